The second kappa shape index (κ2) is 17.3. The van der Waals surface area contributed by atoms with Gasteiger partial charge in [-0.2, -0.15) is 26.3 Å². The summed E-state index contributed by atoms with van der Waals surface area (Å²) in [5.74, 6) is -8.31. The number of hydrogen-bond donors (Lipinski definition) is 3. The molecule has 0 aromatic heterocycles. The van der Waals surface area contributed by atoms with Gasteiger partial charge in [0.1, 0.15) is 18.8 Å². The number of halogens is 6. The number of esters is 2. The van der Waals surface area contributed by atoms with Gasteiger partial charge >= 0.3 is 24.3 Å². The van der Waals surface area contributed by atoms with Crippen molar-refractivity contribution < 1.29 is 75.2 Å². The first kappa shape index (κ1) is 45.7. The number of allylic oxidation sites excluding steroid dienone is 2. The number of fused-ring (bicyclic) bond motifs is 2. The molecule has 58 heavy (non-hydrogen) atoms. The van der Waals surface area contributed by atoms with Crippen LogP contribution in [-0.2, 0) is 23.8 Å². The van der Waals surface area contributed by atoms with Crippen molar-refractivity contribution in [2.45, 2.75) is 123 Å². The molecule has 2 saturated heterocycles. The Morgan fingerprint density at radius 2 is 1.22 bits per heavy atom. The highest BCUT2D eigenvalue weighted by Crippen LogP contribution is 2.59. The third-order valence-electron chi connectivity index (χ3n) is 14.4. The molecule has 3 unspecified atom stereocenters. The Labute approximate surface area is 334 Å². The summed E-state index contributed by atoms with van der Waals surface area (Å²) in [5.41, 5.74) is -4.49. The van der Waals surface area contributed by atoms with Crippen LogP contribution in [0.3, 0.4) is 0 Å². The van der Waals surface area contributed by atoms with Gasteiger partial charge in [-0.25, -0.2) is 14.5 Å². The SMILES string of the molecule is C[C@@H]1CCC(/C(COC(=O)c2ccc(C(=O)OC/C(=C(/O)C(F)(F)F)C3CC[C@@H](C)[C@]4(C)CC[C@H](C)OCC34)cc2)=C(\O)C(F)(F)F)[C@@]2(OO)CO[C@@H](C)CC[C@@]12C. The Hall–Kier alpha value is -3.34. The lowest BCUT2D eigenvalue weighted by molar-refractivity contribution is -0.386. The van der Waals surface area contributed by atoms with Crippen LogP contribution in [-0.4, -0.2) is 84.0 Å². The summed E-state index contributed by atoms with van der Waals surface area (Å²) in [6.07, 6.45) is -6.89. The summed E-state index contributed by atoms with van der Waals surface area (Å²) in [6.45, 7) is 9.55. The molecule has 0 bridgehead atoms. The molecule has 0 amide bonds. The van der Waals surface area contributed by atoms with Crippen molar-refractivity contribution in [3.63, 3.8) is 0 Å². The number of carbonyl (C=O) groups excluding carboxylic acids is 2. The van der Waals surface area contributed by atoms with Gasteiger partial charge in [0.15, 0.2) is 0 Å². The molecule has 2 heterocycles. The van der Waals surface area contributed by atoms with Crippen molar-refractivity contribution in [2.24, 2.45) is 40.4 Å². The average molecular weight is 835 g/mol. The molecule has 326 valence electrons. The predicted octanol–water partition coefficient (Wildman–Crippen LogP) is 10.1. The smallest absolute Gasteiger partial charge is 0.448 e. The van der Waals surface area contributed by atoms with Crippen LogP contribution >= 0.6 is 0 Å². The molecular formula is C42H56F6O10. The summed E-state index contributed by atoms with van der Waals surface area (Å²) < 4.78 is 107. The second-order valence-corrected chi connectivity index (χ2v) is 17.4. The molecule has 10 nitrogen and oxygen atoms in total. The Morgan fingerprint density at radius 3 is 1.78 bits per heavy atom. The first-order valence-electron chi connectivity index (χ1n) is 20.0. The maximum atomic E-state index is 14.1. The van der Waals surface area contributed by atoms with Crippen LogP contribution in [0.1, 0.15) is 114 Å². The lowest BCUT2D eigenvalue weighted by Gasteiger charge is -2.56. The fourth-order valence-corrected chi connectivity index (χ4v) is 10.1. The number of ether oxygens (including phenoxy) is 4. The van der Waals surface area contributed by atoms with Crippen molar-refractivity contribution in [2.75, 3.05) is 26.4 Å². The van der Waals surface area contributed by atoms with E-state index < -0.39 is 83.0 Å². The van der Waals surface area contributed by atoms with Gasteiger partial charge < -0.3 is 29.2 Å². The minimum absolute atomic E-state index is 0.0450. The monoisotopic (exact) mass is 834 g/mol. The highest BCUT2D eigenvalue weighted by atomic mass is 19.4. The molecule has 5 rings (SSSR count). The Balaban J connectivity index is 1.33. The fraction of sp³-hybridized carbons (Fsp3) is 0.714. The minimum Gasteiger partial charge on any atom is -0.504 e. The lowest BCUT2D eigenvalue weighted by atomic mass is 9.52. The third-order valence-corrected chi connectivity index (χ3v) is 14.4. The van der Waals surface area contributed by atoms with E-state index in [2.05, 4.69) is 6.92 Å². The Kier molecular flexibility index (Phi) is 13.7. The minimum atomic E-state index is -5.23. The molecule has 1 aromatic carbocycles. The fourth-order valence-electron chi connectivity index (χ4n) is 10.1. The van der Waals surface area contributed by atoms with Gasteiger partial charge in [0.25, 0.3) is 0 Å². The lowest BCUT2D eigenvalue weighted by Crippen LogP contribution is -2.62. The van der Waals surface area contributed by atoms with E-state index in [9.17, 15) is 51.4 Å². The number of alkyl halides is 6. The van der Waals surface area contributed by atoms with E-state index in [1.807, 2.05) is 20.8 Å². The van der Waals surface area contributed by atoms with Gasteiger partial charge in [-0.1, -0.05) is 27.7 Å². The molecule has 4 fully saturated rings. The standard InChI is InChI=1S/C42H56F6O10/c1-23-7-13-29(33-21-54-25(3)15-17-38(23,33)5)30(34(49)41(43,44)45)19-55-36(51)27-9-11-28(12-10-27)37(52)56-20-31(35(50)42(46,47)48)32-14-8-24(2)39(6)18-16-26(4)57-22-40(32,39)58-53/h9-12,23-26,29,32-33,49-50,53H,7-8,13-22H2,1-6H3/b34-30-,35-31-/t23-,24-,25+,26+,29?,32?,33?,38+,39+,40+/m1/s1. The van der Waals surface area contributed by atoms with Crippen LogP contribution in [0.4, 0.5) is 26.3 Å². The van der Waals surface area contributed by atoms with Crippen molar-refractivity contribution in [3.8, 4) is 0 Å². The zero-order chi connectivity index (χ0) is 43.0. The third kappa shape index (κ3) is 8.90. The highest BCUT2D eigenvalue weighted by molar-refractivity contribution is 5.93. The van der Waals surface area contributed by atoms with Gasteiger partial charge in [0.2, 0.25) is 11.5 Å². The average Bonchev–Trinajstić information content (AvgIpc) is 3.42. The van der Waals surface area contributed by atoms with Gasteiger partial charge in [0.05, 0.1) is 36.5 Å². The predicted molar refractivity (Wildman–Crippen MR) is 198 cm³/mol. The quantitative estimate of drug-likeness (QED) is 0.0724. The van der Waals surface area contributed by atoms with E-state index in [-0.39, 0.29) is 66.1 Å². The van der Waals surface area contributed by atoms with Gasteiger partial charge in [-0.05, 0) is 119 Å². The van der Waals surface area contributed by atoms with E-state index in [0.29, 0.717) is 32.1 Å². The van der Waals surface area contributed by atoms with E-state index >= 15 is 0 Å². The number of rotatable bonds is 9. The summed E-state index contributed by atoms with van der Waals surface area (Å²) in [4.78, 5) is 31.5. The van der Waals surface area contributed by atoms with E-state index in [0.717, 1.165) is 37.1 Å². The van der Waals surface area contributed by atoms with Crippen molar-refractivity contribution >= 4 is 11.9 Å². The maximum Gasteiger partial charge on any atom is 0.448 e. The molecule has 2 aliphatic heterocycles. The zero-order valence-corrected chi connectivity index (χ0v) is 33.8. The van der Waals surface area contributed by atoms with Crippen LogP contribution in [0.2, 0.25) is 0 Å². The molecule has 16 heteroatoms. The van der Waals surface area contributed by atoms with Gasteiger partial charge in [-0.15, -0.1) is 0 Å². The summed E-state index contributed by atoms with van der Waals surface area (Å²) in [6, 6.07) is 4.54. The van der Waals surface area contributed by atoms with E-state index in [1.54, 1.807) is 13.8 Å². The van der Waals surface area contributed by atoms with Crippen LogP contribution in [0.15, 0.2) is 46.9 Å². The Bertz CT molecular complexity index is 1710. The van der Waals surface area contributed by atoms with Crippen LogP contribution in [0.5, 0.6) is 0 Å². The number of hydrogen-bond acceptors (Lipinski definition) is 10. The van der Waals surface area contributed by atoms with Gasteiger partial charge in [-0.3, -0.25) is 5.26 Å². The van der Waals surface area contributed by atoms with Gasteiger partial charge in [0, 0.05) is 22.5 Å². The summed E-state index contributed by atoms with van der Waals surface area (Å²) in [7, 11) is 0. The van der Waals surface area contributed by atoms with E-state index in [4.69, 9.17) is 23.8 Å². The number of carbonyl (C=O) groups is 2. The summed E-state index contributed by atoms with van der Waals surface area (Å²) >= 11 is 0. The molecule has 3 N–H and O–H groups in total. The molecule has 4 aliphatic rings. The van der Waals surface area contributed by atoms with Crippen LogP contribution < -0.4 is 0 Å². The molecule has 0 radical (unpaired) electrons. The van der Waals surface area contributed by atoms with Crippen LogP contribution in [0.25, 0.3) is 0 Å². The Morgan fingerprint density at radius 1 is 0.724 bits per heavy atom. The molecule has 10 atom stereocenters. The molecular weight excluding hydrogens is 778 g/mol. The topological polar surface area (TPSA) is 141 Å². The van der Waals surface area contributed by atoms with Crippen molar-refractivity contribution in [3.05, 3.63) is 58.1 Å². The number of benzene rings is 1. The molecule has 2 saturated carbocycles. The first-order chi connectivity index (χ1) is 27.0. The number of aliphatic hydroxyl groups is 2. The molecule has 2 aliphatic carbocycles. The number of aliphatic hydroxyl groups excluding tert-OH is 2. The first-order valence-corrected chi connectivity index (χ1v) is 20.0. The van der Waals surface area contributed by atoms with Crippen molar-refractivity contribution in [1.82, 2.24) is 0 Å². The molecule has 1 aromatic rings. The molecule has 0 spiro atoms. The van der Waals surface area contributed by atoms with Crippen LogP contribution in [0, 0.1) is 40.4 Å². The normalized spacial score (nSPS) is 35.6. The van der Waals surface area contributed by atoms with E-state index in [1.165, 1.54) is 0 Å². The largest absolute Gasteiger partial charge is 0.504 e. The highest BCUT2D eigenvalue weighted by Gasteiger charge is 2.63. The van der Waals surface area contributed by atoms with Crippen molar-refractivity contribution in [1.29, 1.82) is 0 Å². The second-order valence-electron chi connectivity index (χ2n) is 17.4. The zero-order valence-electron chi connectivity index (χ0n) is 33.8. The maximum absolute atomic E-state index is 14.1. The summed E-state index contributed by atoms with van der Waals surface area (Å²) in [5, 5.41) is 31.4.